The van der Waals surface area contributed by atoms with E-state index in [-0.39, 0.29) is 19.1 Å². The zero-order chi connectivity index (χ0) is 23.1. The van der Waals surface area contributed by atoms with Gasteiger partial charge in [0.1, 0.15) is 17.4 Å². The second-order valence-corrected chi connectivity index (χ2v) is 7.41. The second kappa shape index (κ2) is 10.6. The molecule has 0 aliphatic heterocycles. The minimum atomic E-state index is -1.12. The van der Waals surface area contributed by atoms with Gasteiger partial charge in [-0.3, -0.25) is 9.59 Å². The van der Waals surface area contributed by atoms with E-state index in [1.165, 1.54) is 6.07 Å². The number of carboxylic acid groups (broad SMARTS) is 1. The number of fused-ring (bicyclic) bond motifs is 1. The summed E-state index contributed by atoms with van der Waals surface area (Å²) in [6, 6.07) is 3.84. The molecule has 31 heavy (non-hydrogen) atoms. The van der Waals surface area contributed by atoms with Crippen molar-refractivity contribution >= 4 is 28.8 Å². The molecule has 2 aromatic rings. The van der Waals surface area contributed by atoms with Crippen LogP contribution in [-0.2, 0) is 20.8 Å². The lowest BCUT2D eigenvalue weighted by atomic mass is 9.99. The van der Waals surface area contributed by atoms with Crippen LogP contribution in [0.2, 0.25) is 0 Å². The Balaban J connectivity index is 2.02. The van der Waals surface area contributed by atoms with E-state index in [0.717, 1.165) is 11.1 Å². The number of carbonyl (C=O) groups excluding carboxylic acids is 2. The number of benzene rings is 1. The Kier molecular flexibility index (Phi) is 8.18. The highest BCUT2D eigenvalue weighted by atomic mass is 16.5. The van der Waals surface area contributed by atoms with Crippen molar-refractivity contribution in [2.24, 2.45) is 5.92 Å². The molecule has 2 amide bonds. The van der Waals surface area contributed by atoms with E-state index in [4.69, 9.17) is 9.15 Å². The molecule has 0 aliphatic rings. The Labute approximate surface area is 179 Å². The van der Waals surface area contributed by atoms with Gasteiger partial charge in [-0.25, -0.2) is 9.59 Å². The first-order chi connectivity index (χ1) is 14.7. The van der Waals surface area contributed by atoms with Crippen molar-refractivity contribution in [1.82, 2.24) is 10.6 Å². The molecule has 0 fully saturated rings. The Morgan fingerprint density at radius 1 is 1.16 bits per heavy atom. The number of nitrogens with one attached hydrogen (secondary N) is 2. The van der Waals surface area contributed by atoms with Crippen molar-refractivity contribution in [1.29, 1.82) is 0 Å². The average Bonchev–Trinajstić information content (AvgIpc) is 2.72. The van der Waals surface area contributed by atoms with Gasteiger partial charge in [-0.2, -0.15) is 0 Å². The molecule has 9 nitrogen and oxygen atoms in total. The summed E-state index contributed by atoms with van der Waals surface area (Å²) in [4.78, 5) is 47.2. The number of carboxylic acids is 1. The summed E-state index contributed by atoms with van der Waals surface area (Å²) in [6.07, 6.45) is 1.16. The van der Waals surface area contributed by atoms with Crippen LogP contribution in [-0.4, -0.2) is 42.1 Å². The Morgan fingerprint density at radius 2 is 1.87 bits per heavy atom. The summed E-state index contributed by atoms with van der Waals surface area (Å²) in [5.74, 6) is -2.12. The van der Waals surface area contributed by atoms with Gasteiger partial charge in [0.25, 0.3) is 5.91 Å². The van der Waals surface area contributed by atoms with E-state index in [1.807, 2.05) is 20.8 Å². The van der Waals surface area contributed by atoms with Crippen LogP contribution in [0, 0.1) is 12.8 Å². The van der Waals surface area contributed by atoms with Crippen molar-refractivity contribution in [3.63, 3.8) is 0 Å². The van der Waals surface area contributed by atoms with Crippen LogP contribution in [0.1, 0.15) is 38.3 Å². The van der Waals surface area contributed by atoms with Gasteiger partial charge in [-0.05, 0) is 42.5 Å². The summed E-state index contributed by atoms with van der Waals surface area (Å²) in [6.45, 7) is 6.53. The number of rotatable bonds is 10. The largest absolute Gasteiger partial charge is 0.483 e. The highest BCUT2D eigenvalue weighted by molar-refractivity contribution is 5.90. The van der Waals surface area contributed by atoms with Crippen LogP contribution in [0.3, 0.4) is 0 Å². The highest BCUT2D eigenvalue weighted by Crippen LogP contribution is 2.30. The number of aryl methyl sites for hydroxylation is 2. The molecule has 3 N–H and O–H groups in total. The summed E-state index contributed by atoms with van der Waals surface area (Å²) in [5.41, 5.74) is 1.46. The normalized spacial score (nSPS) is 12.8. The number of ether oxygens (including phenoxy) is 1. The minimum Gasteiger partial charge on any atom is -0.483 e. The molecule has 0 saturated carbocycles. The number of hydrogen-bond acceptors (Lipinski definition) is 6. The molecular weight excluding hydrogens is 404 g/mol. The van der Waals surface area contributed by atoms with Crippen molar-refractivity contribution in [2.45, 2.75) is 46.6 Å². The SMILES string of the molecule is CCc1cc(=O)oc2cc(C)cc(OCC(=O)NCC(=O)N[C@H](C(=O)O)[C@@H](C)CC)c12. The highest BCUT2D eigenvalue weighted by Gasteiger charge is 2.25. The van der Waals surface area contributed by atoms with Gasteiger partial charge in [0, 0.05) is 6.07 Å². The number of hydrogen-bond donors (Lipinski definition) is 3. The fourth-order valence-electron chi connectivity index (χ4n) is 3.14. The van der Waals surface area contributed by atoms with Crippen LogP contribution in [0.15, 0.2) is 27.4 Å². The molecule has 0 spiro atoms. The van der Waals surface area contributed by atoms with Crippen molar-refractivity contribution in [3.8, 4) is 5.75 Å². The maximum Gasteiger partial charge on any atom is 0.336 e. The molecule has 2 atom stereocenters. The van der Waals surface area contributed by atoms with E-state index >= 15 is 0 Å². The first-order valence-electron chi connectivity index (χ1n) is 10.1. The Hall–Kier alpha value is -3.36. The molecule has 1 heterocycles. The molecule has 0 bridgehead atoms. The van der Waals surface area contributed by atoms with Crippen LogP contribution < -0.4 is 21.0 Å². The fraction of sp³-hybridized carbons (Fsp3) is 0.455. The second-order valence-electron chi connectivity index (χ2n) is 7.41. The van der Waals surface area contributed by atoms with Crippen molar-refractivity contribution in [2.75, 3.05) is 13.2 Å². The quantitative estimate of drug-likeness (QED) is 0.487. The van der Waals surface area contributed by atoms with E-state index < -0.39 is 29.5 Å². The van der Waals surface area contributed by atoms with Gasteiger partial charge in [0.15, 0.2) is 6.61 Å². The van der Waals surface area contributed by atoms with Crippen molar-refractivity contribution < 1.29 is 28.6 Å². The van der Waals surface area contributed by atoms with Crippen LogP contribution in [0.4, 0.5) is 0 Å². The zero-order valence-corrected chi connectivity index (χ0v) is 18.1. The van der Waals surface area contributed by atoms with E-state index in [0.29, 0.717) is 29.6 Å². The van der Waals surface area contributed by atoms with Crippen LogP contribution in [0.25, 0.3) is 11.0 Å². The predicted octanol–water partition coefficient (Wildman–Crippen LogP) is 1.77. The molecule has 0 unspecified atom stereocenters. The van der Waals surface area contributed by atoms with E-state index in [2.05, 4.69) is 10.6 Å². The number of carbonyl (C=O) groups is 3. The molecule has 168 valence electrons. The third-order valence-corrected chi connectivity index (χ3v) is 5.02. The monoisotopic (exact) mass is 432 g/mol. The Bertz CT molecular complexity index is 1030. The molecule has 9 heteroatoms. The lowest BCUT2D eigenvalue weighted by molar-refractivity contribution is -0.143. The van der Waals surface area contributed by atoms with Gasteiger partial charge in [0.2, 0.25) is 5.91 Å². The molecule has 0 radical (unpaired) electrons. The lowest BCUT2D eigenvalue weighted by Gasteiger charge is -2.20. The molecule has 0 aliphatic carbocycles. The summed E-state index contributed by atoms with van der Waals surface area (Å²) in [5, 5.41) is 14.7. The topological polar surface area (TPSA) is 135 Å². The third-order valence-electron chi connectivity index (χ3n) is 5.02. The summed E-state index contributed by atoms with van der Waals surface area (Å²) in [7, 11) is 0. The predicted molar refractivity (Wildman–Crippen MR) is 114 cm³/mol. The van der Waals surface area contributed by atoms with Gasteiger partial charge in [-0.15, -0.1) is 0 Å². The average molecular weight is 432 g/mol. The molecule has 0 saturated heterocycles. The smallest absolute Gasteiger partial charge is 0.336 e. The van der Waals surface area contributed by atoms with Crippen molar-refractivity contribution in [3.05, 3.63) is 39.7 Å². The molecule has 1 aromatic carbocycles. The zero-order valence-electron chi connectivity index (χ0n) is 18.1. The standard InChI is InChI=1S/C22H28N2O7/c1-5-13(4)21(22(28)29)24-17(25)10-23-18(26)11-30-15-7-12(3)8-16-20(15)14(6-2)9-19(27)31-16/h7-9,13,21H,5-6,10-11H2,1-4H3,(H,23,26)(H,24,25)(H,28,29)/t13-,21-/m0/s1. The number of aliphatic carboxylic acids is 1. The summed E-state index contributed by atoms with van der Waals surface area (Å²) >= 11 is 0. The van der Waals surface area contributed by atoms with E-state index in [1.54, 1.807) is 19.1 Å². The Morgan fingerprint density at radius 3 is 2.48 bits per heavy atom. The van der Waals surface area contributed by atoms with E-state index in [9.17, 15) is 24.3 Å². The maximum absolute atomic E-state index is 12.2. The van der Waals surface area contributed by atoms with Gasteiger partial charge < -0.3 is 24.9 Å². The van der Waals surface area contributed by atoms with Crippen LogP contribution in [0.5, 0.6) is 5.75 Å². The van der Waals surface area contributed by atoms with Gasteiger partial charge in [-0.1, -0.05) is 27.2 Å². The first-order valence-corrected chi connectivity index (χ1v) is 10.1. The summed E-state index contributed by atoms with van der Waals surface area (Å²) < 4.78 is 10.9. The fourth-order valence-corrected chi connectivity index (χ4v) is 3.14. The molecule has 1 aromatic heterocycles. The van der Waals surface area contributed by atoms with Crippen LogP contribution >= 0.6 is 0 Å². The molecule has 2 rings (SSSR count). The number of amides is 2. The first kappa shape index (κ1) is 23.9. The third kappa shape index (κ3) is 6.31. The van der Waals surface area contributed by atoms with Gasteiger partial charge in [0.05, 0.1) is 11.9 Å². The minimum absolute atomic E-state index is 0.247. The lowest BCUT2D eigenvalue weighted by Crippen LogP contribution is -2.48. The van der Waals surface area contributed by atoms with Gasteiger partial charge >= 0.3 is 11.6 Å². The maximum atomic E-state index is 12.2. The molecular formula is C22H28N2O7.